The van der Waals surface area contributed by atoms with Crippen molar-refractivity contribution in [1.29, 1.82) is 0 Å². The number of hydrogen-bond acceptors (Lipinski definition) is 5. The maximum atomic E-state index is 13.0. The van der Waals surface area contributed by atoms with Crippen LogP contribution in [0.5, 0.6) is 5.75 Å². The number of halogens is 2. The summed E-state index contributed by atoms with van der Waals surface area (Å²) in [6.45, 7) is -0.133. The highest BCUT2D eigenvalue weighted by atomic mass is 35.5. The molecule has 0 aliphatic rings. The van der Waals surface area contributed by atoms with Crippen molar-refractivity contribution in [3.8, 4) is 5.75 Å². The number of anilines is 2. The number of amides is 1. The zero-order chi connectivity index (χ0) is 17.7. The number of nitro groups is 1. The molecule has 0 aliphatic heterocycles. The number of carbonyl (C=O) groups is 1. The standard InChI is InChI=1S/C15H13ClFN3O4/c1-24-14-7-10(20(22)23)3-5-13(14)19-15(21)8-18-12-4-2-9(17)6-11(12)16/h2-7,18H,8H2,1H3,(H,19,21). The lowest BCUT2D eigenvalue weighted by atomic mass is 10.2. The van der Waals surface area contributed by atoms with Crippen molar-refractivity contribution in [2.24, 2.45) is 0 Å². The van der Waals surface area contributed by atoms with E-state index >= 15 is 0 Å². The Labute approximate surface area is 141 Å². The Morgan fingerprint density at radius 3 is 2.62 bits per heavy atom. The largest absolute Gasteiger partial charge is 0.494 e. The Kier molecular flexibility index (Phi) is 5.54. The van der Waals surface area contributed by atoms with Gasteiger partial charge in [0.2, 0.25) is 5.91 Å². The minimum atomic E-state index is -0.563. The summed E-state index contributed by atoms with van der Waals surface area (Å²) in [4.78, 5) is 22.1. The fourth-order valence-electron chi connectivity index (χ4n) is 1.90. The molecule has 7 nitrogen and oxygen atoms in total. The van der Waals surface area contributed by atoms with E-state index in [1.165, 1.54) is 37.4 Å². The zero-order valence-corrected chi connectivity index (χ0v) is 13.3. The van der Waals surface area contributed by atoms with Crippen LogP contribution in [-0.4, -0.2) is 24.5 Å². The highest BCUT2D eigenvalue weighted by Gasteiger charge is 2.13. The number of benzene rings is 2. The Bertz CT molecular complexity index is 785. The summed E-state index contributed by atoms with van der Waals surface area (Å²) in [6, 6.07) is 7.59. The molecule has 0 fully saturated rings. The smallest absolute Gasteiger partial charge is 0.273 e. The molecule has 0 radical (unpaired) electrons. The lowest BCUT2D eigenvalue weighted by molar-refractivity contribution is -0.384. The molecule has 0 saturated carbocycles. The molecule has 0 unspecified atom stereocenters. The lowest BCUT2D eigenvalue weighted by Gasteiger charge is -2.11. The molecule has 2 N–H and O–H groups in total. The molecule has 0 aliphatic carbocycles. The van der Waals surface area contributed by atoms with Crippen molar-refractivity contribution in [2.75, 3.05) is 24.3 Å². The summed E-state index contributed by atoms with van der Waals surface area (Å²) >= 11 is 5.85. The first-order valence-corrected chi connectivity index (χ1v) is 7.09. The summed E-state index contributed by atoms with van der Waals surface area (Å²) in [5, 5.41) is 16.2. The maximum absolute atomic E-state index is 13.0. The molecule has 0 saturated heterocycles. The van der Waals surface area contributed by atoms with E-state index in [1.54, 1.807) is 0 Å². The number of methoxy groups -OCH3 is 1. The van der Waals surface area contributed by atoms with Gasteiger partial charge in [-0.25, -0.2) is 4.39 Å². The van der Waals surface area contributed by atoms with Crippen molar-refractivity contribution < 1.29 is 18.8 Å². The van der Waals surface area contributed by atoms with Crippen LogP contribution >= 0.6 is 11.6 Å². The number of ether oxygens (including phenoxy) is 1. The van der Waals surface area contributed by atoms with Gasteiger partial charge in [-0.05, 0) is 24.3 Å². The number of hydrogen-bond donors (Lipinski definition) is 2. The lowest BCUT2D eigenvalue weighted by Crippen LogP contribution is -2.22. The van der Waals surface area contributed by atoms with E-state index in [0.717, 1.165) is 6.07 Å². The number of non-ortho nitro benzene ring substituents is 1. The van der Waals surface area contributed by atoms with Gasteiger partial charge in [-0.1, -0.05) is 11.6 Å². The first-order valence-electron chi connectivity index (χ1n) is 6.72. The van der Waals surface area contributed by atoms with Crippen LogP contribution in [0.3, 0.4) is 0 Å². The Balaban J connectivity index is 2.03. The van der Waals surface area contributed by atoms with Gasteiger partial charge in [0.15, 0.2) is 0 Å². The number of nitro benzene ring substituents is 1. The van der Waals surface area contributed by atoms with Crippen LogP contribution in [0.25, 0.3) is 0 Å². The monoisotopic (exact) mass is 353 g/mol. The zero-order valence-electron chi connectivity index (χ0n) is 12.5. The molecule has 0 spiro atoms. The van der Waals surface area contributed by atoms with Crippen molar-refractivity contribution >= 4 is 34.6 Å². The fourth-order valence-corrected chi connectivity index (χ4v) is 2.13. The van der Waals surface area contributed by atoms with E-state index in [4.69, 9.17) is 16.3 Å². The van der Waals surface area contributed by atoms with Crippen LogP contribution in [0, 0.1) is 15.9 Å². The molecule has 0 bridgehead atoms. The predicted octanol–water partition coefficient (Wildman–Crippen LogP) is 3.45. The van der Waals surface area contributed by atoms with E-state index in [0.29, 0.717) is 11.4 Å². The van der Waals surface area contributed by atoms with Crippen LogP contribution in [0.2, 0.25) is 5.02 Å². The van der Waals surface area contributed by atoms with Gasteiger partial charge in [0.05, 0.1) is 41.0 Å². The molecule has 2 aromatic carbocycles. The molecule has 1 amide bonds. The van der Waals surface area contributed by atoms with Gasteiger partial charge in [-0.15, -0.1) is 0 Å². The van der Waals surface area contributed by atoms with Crippen molar-refractivity contribution in [3.63, 3.8) is 0 Å². The molecule has 0 atom stereocenters. The van der Waals surface area contributed by atoms with E-state index in [1.807, 2.05) is 0 Å². The minimum absolute atomic E-state index is 0.133. The minimum Gasteiger partial charge on any atom is -0.494 e. The highest BCUT2D eigenvalue weighted by Crippen LogP contribution is 2.29. The molecule has 2 rings (SSSR count). The third-order valence-electron chi connectivity index (χ3n) is 3.04. The average molecular weight is 354 g/mol. The third kappa shape index (κ3) is 4.32. The first-order chi connectivity index (χ1) is 11.4. The third-order valence-corrected chi connectivity index (χ3v) is 3.35. The molecule has 126 valence electrons. The SMILES string of the molecule is COc1cc([N+](=O)[O-])ccc1NC(=O)CNc1ccc(F)cc1Cl. The van der Waals surface area contributed by atoms with Crippen LogP contribution in [0.1, 0.15) is 0 Å². The van der Waals surface area contributed by atoms with E-state index in [2.05, 4.69) is 10.6 Å². The van der Waals surface area contributed by atoms with Gasteiger partial charge in [0.1, 0.15) is 11.6 Å². The Hall–Kier alpha value is -2.87. The number of rotatable bonds is 6. The average Bonchev–Trinajstić information content (AvgIpc) is 2.54. The van der Waals surface area contributed by atoms with Crippen molar-refractivity contribution in [2.45, 2.75) is 0 Å². The summed E-state index contributed by atoms with van der Waals surface area (Å²) in [7, 11) is 1.34. The van der Waals surface area contributed by atoms with Gasteiger partial charge >= 0.3 is 0 Å². The number of nitrogens with zero attached hydrogens (tertiary/aromatic N) is 1. The molecule has 9 heteroatoms. The molecular formula is C15H13ClFN3O4. The van der Waals surface area contributed by atoms with Crippen LogP contribution < -0.4 is 15.4 Å². The molecule has 2 aromatic rings. The second kappa shape index (κ2) is 7.60. The van der Waals surface area contributed by atoms with Gasteiger partial charge in [0, 0.05) is 6.07 Å². The normalized spacial score (nSPS) is 10.1. The highest BCUT2D eigenvalue weighted by molar-refractivity contribution is 6.33. The number of carbonyl (C=O) groups excluding carboxylic acids is 1. The molecule has 0 aromatic heterocycles. The molecular weight excluding hydrogens is 341 g/mol. The summed E-state index contributed by atoms with van der Waals surface area (Å²) in [6.07, 6.45) is 0. The van der Waals surface area contributed by atoms with Crippen molar-refractivity contribution in [1.82, 2.24) is 0 Å². The van der Waals surface area contributed by atoms with Crippen LogP contribution in [0.4, 0.5) is 21.5 Å². The molecule has 0 heterocycles. The fraction of sp³-hybridized carbons (Fsp3) is 0.133. The topological polar surface area (TPSA) is 93.5 Å². The summed E-state index contributed by atoms with van der Waals surface area (Å²) in [5.41, 5.74) is 0.546. The van der Waals surface area contributed by atoms with Crippen LogP contribution in [-0.2, 0) is 4.79 Å². The maximum Gasteiger partial charge on any atom is 0.273 e. The van der Waals surface area contributed by atoms with E-state index in [-0.39, 0.29) is 23.0 Å². The second-order valence-electron chi connectivity index (χ2n) is 4.67. The van der Waals surface area contributed by atoms with Crippen molar-refractivity contribution in [3.05, 3.63) is 57.4 Å². The quantitative estimate of drug-likeness (QED) is 0.613. The van der Waals surface area contributed by atoms with Gasteiger partial charge in [-0.3, -0.25) is 14.9 Å². The van der Waals surface area contributed by atoms with E-state index < -0.39 is 16.6 Å². The van der Waals surface area contributed by atoms with E-state index in [9.17, 15) is 19.3 Å². The van der Waals surface area contributed by atoms with Gasteiger partial charge in [-0.2, -0.15) is 0 Å². The summed E-state index contributed by atoms with van der Waals surface area (Å²) in [5.74, 6) is -0.745. The summed E-state index contributed by atoms with van der Waals surface area (Å²) < 4.78 is 18.0. The van der Waals surface area contributed by atoms with Gasteiger partial charge < -0.3 is 15.4 Å². The Morgan fingerprint density at radius 2 is 2.00 bits per heavy atom. The number of nitrogens with one attached hydrogen (secondary N) is 2. The Morgan fingerprint density at radius 1 is 1.29 bits per heavy atom. The van der Waals surface area contributed by atoms with Gasteiger partial charge in [0.25, 0.3) is 5.69 Å². The molecule has 24 heavy (non-hydrogen) atoms. The predicted molar refractivity (Wildman–Crippen MR) is 88.2 cm³/mol. The van der Waals surface area contributed by atoms with Crippen LogP contribution in [0.15, 0.2) is 36.4 Å². The second-order valence-corrected chi connectivity index (χ2v) is 5.07. The first kappa shape index (κ1) is 17.5.